The van der Waals surface area contributed by atoms with Crippen LogP contribution in [0.3, 0.4) is 0 Å². The summed E-state index contributed by atoms with van der Waals surface area (Å²) in [6, 6.07) is 0. The number of alkyl carbamates (subject to hydrolysis) is 1. The van der Waals surface area contributed by atoms with Crippen molar-refractivity contribution < 1.29 is 14.3 Å². The highest BCUT2D eigenvalue weighted by Gasteiger charge is 2.45. The number of aromatic nitrogens is 2. The number of amides is 2. The number of rotatable bonds is 3. The number of likely N-dealkylation sites (tertiary alicyclic amines) is 1. The van der Waals surface area contributed by atoms with Crippen LogP contribution in [0.1, 0.15) is 42.2 Å². The predicted octanol–water partition coefficient (Wildman–Crippen LogP) is 1.14. The second-order valence-corrected chi connectivity index (χ2v) is 5.89. The van der Waals surface area contributed by atoms with E-state index in [2.05, 4.69) is 22.2 Å². The highest BCUT2D eigenvalue weighted by atomic mass is 16.6. The number of nitrogens with one attached hydrogen (secondary N) is 1. The minimum absolute atomic E-state index is 0.0777. The van der Waals surface area contributed by atoms with Crippen molar-refractivity contribution in [2.24, 2.45) is 0 Å². The van der Waals surface area contributed by atoms with E-state index in [0.29, 0.717) is 25.2 Å². The summed E-state index contributed by atoms with van der Waals surface area (Å²) in [6.45, 7) is 3.60. The van der Waals surface area contributed by atoms with Gasteiger partial charge in [-0.3, -0.25) is 4.79 Å². The molecule has 2 saturated heterocycles. The zero-order valence-electron chi connectivity index (χ0n) is 12.7. The number of aryl methyl sites for hydroxylation is 1. The molecule has 22 heavy (non-hydrogen) atoms. The van der Waals surface area contributed by atoms with Gasteiger partial charge in [0.25, 0.3) is 5.91 Å². The van der Waals surface area contributed by atoms with Crippen LogP contribution in [0.4, 0.5) is 4.79 Å². The number of piperidine rings is 1. The van der Waals surface area contributed by atoms with Gasteiger partial charge in [-0.05, 0) is 19.3 Å². The van der Waals surface area contributed by atoms with Gasteiger partial charge in [0, 0.05) is 12.7 Å². The van der Waals surface area contributed by atoms with Crippen LogP contribution in [0.15, 0.2) is 12.5 Å². The van der Waals surface area contributed by atoms with Crippen LogP contribution in [-0.4, -0.2) is 52.1 Å². The molecule has 1 atom stereocenters. The molecule has 2 aliphatic rings. The Kier molecular flexibility index (Phi) is 3.96. The van der Waals surface area contributed by atoms with E-state index in [0.717, 1.165) is 31.4 Å². The van der Waals surface area contributed by atoms with Gasteiger partial charge < -0.3 is 15.0 Å². The second kappa shape index (κ2) is 5.90. The summed E-state index contributed by atoms with van der Waals surface area (Å²) in [5.41, 5.74) is 0.758. The summed E-state index contributed by atoms with van der Waals surface area (Å²) in [4.78, 5) is 34.1. The first-order valence-electron chi connectivity index (χ1n) is 7.68. The number of ether oxygens (including phenoxy) is 1. The third-order valence-corrected chi connectivity index (χ3v) is 4.20. The van der Waals surface area contributed by atoms with E-state index in [1.807, 2.05) is 0 Å². The first-order valence-corrected chi connectivity index (χ1v) is 7.68. The van der Waals surface area contributed by atoms with Crippen molar-refractivity contribution in [3.63, 3.8) is 0 Å². The number of carbonyl (C=O) groups is 2. The predicted molar refractivity (Wildman–Crippen MR) is 78.4 cm³/mol. The van der Waals surface area contributed by atoms with Crippen LogP contribution < -0.4 is 5.32 Å². The van der Waals surface area contributed by atoms with Gasteiger partial charge in [0.05, 0.1) is 24.3 Å². The first-order chi connectivity index (χ1) is 10.6. The zero-order chi connectivity index (χ0) is 15.6. The number of hydrogen-bond donors (Lipinski definition) is 1. The topological polar surface area (TPSA) is 84.4 Å². The molecule has 2 fully saturated rings. The van der Waals surface area contributed by atoms with E-state index >= 15 is 0 Å². The Balaban J connectivity index is 1.79. The Morgan fingerprint density at radius 1 is 1.55 bits per heavy atom. The molecule has 2 aliphatic heterocycles. The molecule has 0 saturated carbocycles. The van der Waals surface area contributed by atoms with Gasteiger partial charge in [-0.1, -0.05) is 13.3 Å². The maximum atomic E-state index is 12.8. The summed E-state index contributed by atoms with van der Waals surface area (Å²) in [6.07, 6.45) is 5.93. The Hall–Kier alpha value is -2.18. The maximum absolute atomic E-state index is 12.8. The van der Waals surface area contributed by atoms with Gasteiger partial charge in [-0.25, -0.2) is 14.8 Å². The maximum Gasteiger partial charge on any atom is 0.407 e. The summed E-state index contributed by atoms with van der Waals surface area (Å²) in [5, 5.41) is 2.69. The number of carbonyl (C=O) groups excluding carboxylic acids is 2. The van der Waals surface area contributed by atoms with Gasteiger partial charge in [-0.2, -0.15) is 0 Å². The Morgan fingerprint density at radius 3 is 3.14 bits per heavy atom. The quantitative estimate of drug-likeness (QED) is 0.905. The van der Waals surface area contributed by atoms with Crippen LogP contribution in [0.2, 0.25) is 0 Å². The van der Waals surface area contributed by atoms with E-state index in [-0.39, 0.29) is 5.91 Å². The third kappa shape index (κ3) is 2.75. The fraction of sp³-hybridized carbons (Fsp3) is 0.600. The van der Waals surface area contributed by atoms with Crippen molar-refractivity contribution in [1.29, 1.82) is 0 Å². The molecule has 7 nitrogen and oxygen atoms in total. The summed E-state index contributed by atoms with van der Waals surface area (Å²) in [7, 11) is 0. The van der Waals surface area contributed by atoms with Gasteiger partial charge in [0.1, 0.15) is 11.9 Å². The monoisotopic (exact) mass is 304 g/mol. The average molecular weight is 304 g/mol. The molecule has 118 valence electrons. The van der Waals surface area contributed by atoms with Gasteiger partial charge in [0.15, 0.2) is 0 Å². The molecular formula is C15H20N4O3. The van der Waals surface area contributed by atoms with Crippen molar-refractivity contribution in [3.8, 4) is 0 Å². The Labute approximate surface area is 129 Å². The largest absolute Gasteiger partial charge is 0.439 e. The molecule has 1 aromatic rings. The van der Waals surface area contributed by atoms with E-state index in [1.54, 1.807) is 11.1 Å². The Morgan fingerprint density at radius 2 is 2.41 bits per heavy atom. The molecule has 0 aliphatic carbocycles. The van der Waals surface area contributed by atoms with E-state index in [1.165, 1.54) is 6.33 Å². The lowest BCUT2D eigenvalue weighted by Gasteiger charge is -2.38. The minimum atomic E-state index is -0.578. The average Bonchev–Trinajstić information content (AvgIpc) is 2.88. The fourth-order valence-electron chi connectivity index (χ4n) is 3.14. The van der Waals surface area contributed by atoms with Gasteiger partial charge in [0.2, 0.25) is 0 Å². The molecule has 0 radical (unpaired) electrons. The fourth-order valence-corrected chi connectivity index (χ4v) is 3.14. The lowest BCUT2D eigenvalue weighted by atomic mass is 9.92. The van der Waals surface area contributed by atoms with E-state index < -0.39 is 11.7 Å². The van der Waals surface area contributed by atoms with Crippen molar-refractivity contribution >= 4 is 12.0 Å². The molecule has 1 N–H and O–H groups in total. The SMILES string of the molecule is CCCc1ncncc1C(=O)N1CCC[C@@]2(CNC(=O)O2)C1. The van der Waals surface area contributed by atoms with Crippen LogP contribution in [0.5, 0.6) is 0 Å². The summed E-state index contributed by atoms with van der Waals surface area (Å²) >= 11 is 0. The smallest absolute Gasteiger partial charge is 0.407 e. The molecule has 1 aromatic heterocycles. The van der Waals surface area contributed by atoms with Crippen LogP contribution in [0.25, 0.3) is 0 Å². The zero-order valence-corrected chi connectivity index (χ0v) is 12.7. The minimum Gasteiger partial charge on any atom is -0.439 e. The summed E-state index contributed by atoms with van der Waals surface area (Å²) < 4.78 is 5.41. The molecule has 2 amide bonds. The molecule has 3 heterocycles. The van der Waals surface area contributed by atoms with E-state index in [9.17, 15) is 9.59 Å². The van der Waals surface area contributed by atoms with Crippen LogP contribution >= 0.6 is 0 Å². The standard InChI is InChI=1S/C15H20N4O3/c1-2-4-12-11(7-16-10-18-12)13(20)19-6-3-5-15(9-19)8-17-14(21)22-15/h7,10H,2-6,8-9H2,1H3,(H,17,21)/t15-/m1/s1. The van der Waals surface area contributed by atoms with Crippen molar-refractivity contribution in [2.75, 3.05) is 19.6 Å². The molecule has 0 aromatic carbocycles. The molecule has 0 bridgehead atoms. The highest BCUT2D eigenvalue weighted by Crippen LogP contribution is 2.29. The van der Waals surface area contributed by atoms with E-state index in [4.69, 9.17) is 4.74 Å². The number of nitrogens with zero attached hydrogens (tertiary/aromatic N) is 3. The van der Waals surface area contributed by atoms with Crippen LogP contribution in [0, 0.1) is 0 Å². The lowest BCUT2D eigenvalue weighted by Crippen LogP contribution is -2.52. The van der Waals surface area contributed by atoms with Crippen molar-refractivity contribution in [3.05, 3.63) is 23.8 Å². The van der Waals surface area contributed by atoms with Gasteiger partial charge >= 0.3 is 6.09 Å². The first kappa shape index (κ1) is 14.7. The van der Waals surface area contributed by atoms with Gasteiger partial charge in [-0.15, -0.1) is 0 Å². The summed E-state index contributed by atoms with van der Waals surface area (Å²) in [5.74, 6) is -0.0777. The Bertz CT molecular complexity index is 592. The second-order valence-electron chi connectivity index (χ2n) is 5.89. The third-order valence-electron chi connectivity index (χ3n) is 4.20. The molecular weight excluding hydrogens is 284 g/mol. The molecule has 7 heteroatoms. The van der Waals surface area contributed by atoms with Crippen LogP contribution in [-0.2, 0) is 11.2 Å². The number of hydrogen-bond acceptors (Lipinski definition) is 5. The van der Waals surface area contributed by atoms with Crippen molar-refractivity contribution in [2.45, 2.75) is 38.2 Å². The molecule has 3 rings (SSSR count). The normalized spacial score (nSPS) is 24.2. The highest BCUT2D eigenvalue weighted by molar-refractivity contribution is 5.95. The lowest BCUT2D eigenvalue weighted by molar-refractivity contribution is -0.00511. The molecule has 0 unspecified atom stereocenters. The van der Waals surface area contributed by atoms with Crippen molar-refractivity contribution in [1.82, 2.24) is 20.2 Å². The molecule has 1 spiro atoms.